The number of primary amides is 1. The van der Waals surface area contributed by atoms with Crippen molar-refractivity contribution in [2.24, 2.45) is 5.73 Å². The number of hydrogen-bond acceptors (Lipinski definition) is 6. The van der Waals surface area contributed by atoms with Crippen LogP contribution in [0, 0.1) is 6.92 Å². The molecule has 1 aromatic rings. The molecule has 3 N–H and O–H groups in total. The Hall–Kier alpha value is -1.63. The predicted molar refractivity (Wildman–Crippen MR) is 65.1 cm³/mol. The van der Waals surface area contributed by atoms with Gasteiger partial charge in [-0.15, -0.1) is 0 Å². The van der Waals surface area contributed by atoms with Gasteiger partial charge in [-0.2, -0.15) is 4.37 Å². The molecule has 0 aromatic carbocycles. The van der Waals surface area contributed by atoms with Crippen LogP contribution in [0.2, 0.25) is 0 Å². The summed E-state index contributed by atoms with van der Waals surface area (Å²) in [5.74, 6) is -0.941. The number of nitrogens with zero attached hydrogens (tertiary/aromatic N) is 1. The number of ether oxygens (including phenoxy) is 1. The van der Waals surface area contributed by atoms with Crippen LogP contribution < -0.4 is 11.1 Å². The lowest BCUT2D eigenvalue weighted by Gasteiger charge is -2.10. The highest BCUT2D eigenvalue weighted by atomic mass is 32.1. The molecular weight excluding hydrogens is 242 g/mol. The molecule has 1 rings (SSSR count). The standard InChI is InChI=1S/C10H15N3O3S/c1-4-16-10(15)7-5(2)13-17-9(7)12-6(3)8(11)14/h6,12H,4H2,1-3H3,(H2,11,14). The fraction of sp³-hybridized carbons (Fsp3) is 0.500. The van der Waals surface area contributed by atoms with Crippen LogP contribution in [-0.4, -0.2) is 28.9 Å². The average Bonchev–Trinajstić information content (AvgIpc) is 2.60. The molecule has 0 bridgehead atoms. The Morgan fingerprint density at radius 2 is 2.24 bits per heavy atom. The average molecular weight is 257 g/mol. The number of carbonyl (C=O) groups is 2. The van der Waals surface area contributed by atoms with Crippen molar-refractivity contribution in [3.8, 4) is 0 Å². The molecule has 1 heterocycles. The van der Waals surface area contributed by atoms with E-state index in [9.17, 15) is 9.59 Å². The minimum absolute atomic E-state index is 0.291. The molecule has 0 aliphatic carbocycles. The molecule has 0 aliphatic heterocycles. The molecule has 0 saturated heterocycles. The normalized spacial score (nSPS) is 11.9. The zero-order chi connectivity index (χ0) is 13.0. The van der Waals surface area contributed by atoms with Gasteiger partial charge < -0.3 is 15.8 Å². The number of nitrogens with two attached hydrogens (primary N) is 1. The van der Waals surface area contributed by atoms with E-state index >= 15 is 0 Å². The van der Waals surface area contributed by atoms with E-state index in [1.54, 1.807) is 20.8 Å². The van der Waals surface area contributed by atoms with Crippen molar-refractivity contribution in [3.05, 3.63) is 11.3 Å². The lowest BCUT2D eigenvalue weighted by Crippen LogP contribution is -2.32. The van der Waals surface area contributed by atoms with Crippen molar-refractivity contribution < 1.29 is 14.3 Å². The number of amides is 1. The SMILES string of the molecule is CCOC(=O)c1c(C)nsc1NC(C)C(N)=O. The van der Waals surface area contributed by atoms with E-state index in [-0.39, 0.29) is 0 Å². The molecule has 1 unspecified atom stereocenters. The minimum Gasteiger partial charge on any atom is -0.462 e. The molecule has 94 valence electrons. The lowest BCUT2D eigenvalue weighted by atomic mass is 10.2. The summed E-state index contributed by atoms with van der Waals surface area (Å²) in [5.41, 5.74) is 6.08. The van der Waals surface area contributed by atoms with Gasteiger partial charge in [0.15, 0.2) is 0 Å². The largest absolute Gasteiger partial charge is 0.462 e. The molecule has 6 nitrogen and oxygen atoms in total. The summed E-state index contributed by atoms with van der Waals surface area (Å²) in [6, 6.07) is -0.567. The van der Waals surface area contributed by atoms with Crippen molar-refractivity contribution in [1.29, 1.82) is 0 Å². The third-order valence-electron chi connectivity index (χ3n) is 2.12. The van der Waals surface area contributed by atoms with E-state index in [4.69, 9.17) is 10.5 Å². The van der Waals surface area contributed by atoms with E-state index in [1.807, 2.05) is 0 Å². The van der Waals surface area contributed by atoms with Crippen LogP contribution in [0.3, 0.4) is 0 Å². The third-order valence-corrected chi connectivity index (χ3v) is 2.99. The number of carbonyl (C=O) groups excluding carboxylic acids is 2. The highest BCUT2D eigenvalue weighted by Gasteiger charge is 2.21. The van der Waals surface area contributed by atoms with Crippen molar-refractivity contribution in [2.75, 3.05) is 11.9 Å². The first-order valence-corrected chi connectivity index (χ1v) is 5.94. The summed E-state index contributed by atoms with van der Waals surface area (Å²) in [4.78, 5) is 22.6. The van der Waals surface area contributed by atoms with Gasteiger partial charge in [0.2, 0.25) is 5.91 Å². The summed E-state index contributed by atoms with van der Waals surface area (Å²) >= 11 is 1.11. The summed E-state index contributed by atoms with van der Waals surface area (Å²) in [7, 11) is 0. The highest BCUT2D eigenvalue weighted by molar-refractivity contribution is 7.10. The maximum absolute atomic E-state index is 11.7. The van der Waals surface area contributed by atoms with Crippen LogP contribution in [0.25, 0.3) is 0 Å². The fourth-order valence-corrected chi connectivity index (χ4v) is 2.05. The van der Waals surface area contributed by atoms with Gasteiger partial charge in [0, 0.05) is 0 Å². The minimum atomic E-state index is -0.567. The molecule has 17 heavy (non-hydrogen) atoms. The Balaban J connectivity index is 2.93. The molecule has 1 atom stereocenters. The van der Waals surface area contributed by atoms with Gasteiger partial charge in [-0.3, -0.25) is 4.79 Å². The number of esters is 1. The molecule has 1 aromatic heterocycles. The van der Waals surface area contributed by atoms with Crippen LogP contribution in [0.15, 0.2) is 0 Å². The second-order valence-electron chi connectivity index (χ2n) is 3.46. The summed E-state index contributed by atoms with van der Waals surface area (Å²) in [6.45, 7) is 5.35. The third kappa shape index (κ3) is 3.16. The second kappa shape index (κ2) is 5.62. The van der Waals surface area contributed by atoms with Gasteiger partial charge in [0.05, 0.1) is 12.3 Å². The van der Waals surface area contributed by atoms with Gasteiger partial charge in [-0.1, -0.05) is 0 Å². The lowest BCUT2D eigenvalue weighted by molar-refractivity contribution is -0.118. The number of anilines is 1. The van der Waals surface area contributed by atoms with Gasteiger partial charge in [-0.25, -0.2) is 4.79 Å². The molecule has 0 aliphatic rings. The second-order valence-corrected chi connectivity index (χ2v) is 4.23. The molecule has 0 spiro atoms. The van der Waals surface area contributed by atoms with E-state index in [0.29, 0.717) is 22.9 Å². The maximum atomic E-state index is 11.7. The first-order valence-electron chi connectivity index (χ1n) is 5.16. The Morgan fingerprint density at radius 1 is 1.59 bits per heavy atom. The number of aromatic nitrogens is 1. The van der Waals surface area contributed by atoms with E-state index in [0.717, 1.165) is 11.5 Å². The topological polar surface area (TPSA) is 94.3 Å². The summed E-state index contributed by atoms with van der Waals surface area (Å²) in [5, 5.41) is 3.36. The van der Waals surface area contributed by atoms with Crippen molar-refractivity contribution >= 4 is 28.4 Å². The van der Waals surface area contributed by atoms with Crippen molar-refractivity contribution in [3.63, 3.8) is 0 Å². The van der Waals surface area contributed by atoms with Gasteiger partial charge in [0.1, 0.15) is 16.6 Å². The fourth-order valence-electron chi connectivity index (χ4n) is 1.18. The molecule has 7 heteroatoms. The Kier molecular flexibility index (Phi) is 4.45. The first-order chi connectivity index (χ1) is 7.97. The summed E-state index contributed by atoms with van der Waals surface area (Å²) in [6.07, 6.45) is 0. The van der Waals surface area contributed by atoms with Crippen LogP contribution in [0.5, 0.6) is 0 Å². The van der Waals surface area contributed by atoms with Crippen molar-refractivity contribution in [2.45, 2.75) is 26.8 Å². The number of rotatable bonds is 5. The maximum Gasteiger partial charge on any atom is 0.343 e. The van der Waals surface area contributed by atoms with E-state index < -0.39 is 17.9 Å². The molecule has 1 amide bonds. The van der Waals surface area contributed by atoms with Crippen LogP contribution in [-0.2, 0) is 9.53 Å². The molecule has 0 saturated carbocycles. The quantitative estimate of drug-likeness (QED) is 0.765. The van der Waals surface area contributed by atoms with Crippen LogP contribution >= 0.6 is 11.5 Å². The summed E-state index contributed by atoms with van der Waals surface area (Å²) < 4.78 is 8.98. The molecule has 0 radical (unpaired) electrons. The van der Waals surface area contributed by atoms with Crippen LogP contribution in [0.4, 0.5) is 5.00 Å². The predicted octanol–water partition coefficient (Wildman–Crippen LogP) is 0.914. The van der Waals surface area contributed by atoms with E-state index in [1.165, 1.54) is 0 Å². The van der Waals surface area contributed by atoms with Gasteiger partial charge in [0.25, 0.3) is 0 Å². The molecule has 0 fully saturated rings. The highest BCUT2D eigenvalue weighted by Crippen LogP contribution is 2.25. The Morgan fingerprint density at radius 3 is 2.76 bits per heavy atom. The van der Waals surface area contributed by atoms with Crippen molar-refractivity contribution in [1.82, 2.24) is 4.37 Å². The zero-order valence-electron chi connectivity index (χ0n) is 9.94. The van der Waals surface area contributed by atoms with Gasteiger partial charge in [-0.05, 0) is 32.3 Å². The zero-order valence-corrected chi connectivity index (χ0v) is 10.8. The first kappa shape index (κ1) is 13.4. The number of aryl methyl sites for hydroxylation is 1. The smallest absolute Gasteiger partial charge is 0.343 e. The monoisotopic (exact) mass is 257 g/mol. The molecular formula is C10H15N3O3S. The van der Waals surface area contributed by atoms with Crippen LogP contribution in [0.1, 0.15) is 29.9 Å². The Bertz CT molecular complexity index is 430. The number of hydrogen-bond donors (Lipinski definition) is 2. The van der Waals surface area contributed by atoms with Gasteiger partial charge >= 0.3 is 5.97 Å². The number of nitrogens with one attached hydrogen (secondary N) is 1. The Labute approximate surface area is 103 Å². The van der Waals surface area contributed by atoms with E-state index in [2.05, 4.69) is 9.69 Å².